The van der Waals surface area contributed by atoms with Gasteiger partial charge in [-0.2, -0.15) is 0 Å². The summed E-state index contributed by atoms with van der Waals surface area (Å²) in [6.45, 7) is 3.49. The molecular formula is C24H25FN3NaO5. The van der Waals surface area contributed by atoms with Crippen molar-refractivity contribution in [2.45, 2.75) is 32.4 Å². The van der Waals surface area contributed by atoms with Crippen LogP contribution in [0.15, 0.2) is 48.7 Å². The third kappa shape index (κ3) is 5.91. The number of aryl methyl sites for hydroxylation is 1. The molecule has 2 atom stereocenters. The fourth-order valence-electron chi connectivity index (χ4n) is 3.81. The van der Waals surface area contributed by atoms with Gasteiger partial charge < -0.3 is 20.6 Å². The zero-order valence-corrected chi connectivity index (χ0v) is 18.4. The topological polar surface area (TPSA) is 116 Å². The normalized spacial score (nSPS) is 16.0. The molecule has 8 nitrogen and oxygen atoms in total. The third-order valence-corrected chi connectivity index (χ3v) is 5.55. The average molecular weight is 477 g/mol. The van der Waals surface area contributed by atoms with Gasteiger partial charge in [0, 0.05) is 24.9 Å². The van der Waals surface area contributed by atoms with E-state index in [9.17, 15) is 28.7 Å². The second-order valence-electron chi connectivity index (χ2n) is 7.82. The van der Waals surface area contributed by atoms with E-state index in [1.165, 1.54) is 36.4 Å². The number of benzene rings is 2. The summed E-state index contributed by atoms with van der Waals surface area (Å²) >= 11 is 0. The summed E-state index contributed by atoms with van der Waals surface area (Å²) in [6, 6.07) is 6.52. The average Bonchev–Trinajstić information content (AvgIpc) is 2.74. The van der Waals surface area contributed by atoms with Crippen molar-refractivity contribution in [2.24, 2.45) is 0 Å². The molecule has 0 aromatic heterocycles. The van der Waals surface area contributed by atoms with Gasteiger partial charge >= 0.3 is 41.6 Å². The van der Waals surface area contributed by atoms with Crippen molar-refractivity contribution in [3.05, 3.63) is 71.2 Å². The number of urea groups is 1. The quantitative estimate of drug-likeness (QED) is 0.436. The molecule has 1 aliphatic heterocycles. The van der Waals surface area contributed by atoms with Gasteiger partial charge in [0.05, 0.1) is 12.5 Å². The van der Waals surface area contributed by atoms with E-state index in [0.29, 0.717) is 22.3 Å². The Morgan fingerprint density at radius 2 is 1.82 bits per heavy atom. The van der Waals surface area contributed by atoms with Crippen LogP contribution in [-0.2, 0) is 14.4 Å². The van der Waals surface area contributed by atoms with E-state index in [-0.39, 0.29) is 29.6 Å². The summed E-state index contributed by atoms with van der Waals surface area (Å²) in [7, 11) is 1.44. The first-order chi connectivity index (χ1) is 15.6. The molecule has 0 radical (unpaired) electrons. The molecular weight excluding hydrogens is 452 g/mol. The minimum atomic E-state index is -1.41. The number of carboxylic acid groups (broad SMARTS) is 1. The van der Waals surface area contributed by atoms with Crippen LogP contribution in [0.4, 0.5) is 9.18 Å². The summed E-state index contributed by atoms with van der Waals surface area (Å²) in [4.78, 5) is 49.5. The minimum absolute atomic E-state index is 0. The number of carbonyl (C=O) groups is 4. The second-order valence-corrected chi connectivity index (χ2v) is 7.82. The number of likely N-dealkylation sites (N-methyl/N-ethyl adjacent to an activating group) is 1. The molecule has 1 heterocycles. The number of carbonyl (C=O) groups excluding carboxylic acids is 3. The Hall–Kier alpha value is -3.01. The fraction of sp³-hybridized carbons (Fsp3) is 0.250. The van der Waals surface area contributed by atoms with E-state index in [2.05, 4.69) is 10.6 Å². The van der Waals surface area contributed by atoms with Gasteiger partial charge in [-0.05, 0) is 42.2 Å². The number of rotatable bonds is 6. The summed E-state index contributed by atoms with van der Waals surface area (Å²) in [5, 5.41) is 14.2. The zero-order chi connectivity index (χ0) is 24.3. The molecule has 3 N–H and O–H groups in total. The van der Waals surface area contributed by atoms with E-state index < -0.39 is 48.0 Å². The first-order valence-electron chi connectivity index (χ1n) is 10.2. The summed E-state index contributed by atoms with van der Waals surface area (Å²) in [5.41, 5.74) is 2.69. The molecule has 3 amide bonds. The summed E-state index contributed by atoms with van der Waals surface area (Å²) < 4.78 is 14.8. The molecule has 34 heavy (non-hydrogen) atoms. The van der Waals surface area contributed by atoms with E-state index in [1.807, 2.05) is 19.1 Å². The monoisotopic (exact) mass is 477 g/mol. The summed E-state index contributed by atoms with van der Waals surface area (Å²) in [6.07, 6.45) is 1.97. The Kier molecular flexibility index (Phi) is 9.14. The molecule has 10 heteroatoms. The number of amides is 3. The van der Waals surface area contributed by atoms with Gasteiger partial charge in [-0.3, -0.25) is 14.4 Å². The Morgan fingerprint density at radius 1 is 1.15 bits per heavy atom. The Morgan fingerprint density at radius 3 is 2.47 bits per heavy atom. The van der Waals surface area contributed by atoms with Gasteiger partial charge in [0.15, 0.2) is 11.8 Å². The molecule has 0 spiro atoms. The van der Waals surface area contributed by atoms with Gasteiger partial charge in [0.1, 0.15) is 5.82 Å². The molecule has 1 unspecified atom stereocenters. The van der Waals surface area contributed by atoms with Crippen LogP contribution in [0.1, 0.15) is 29.2 Å². The van der Waals surface area contributed by atoms with Gasteiger partial charge in [0.25, 0.3) is 5.91 Å². The maximum atomic E-state index is 14.8. The Labute approximate surface area is 218 Å². The van der Waals surface area contributed by atoms with Crippen molar-refractivity contribution in [3.63, 3.8) is 0 Å². The number of hydrogen-bond donors (Lipinski definition) is 3. The first kappa shape index (κ1) is 27.2. The van der Waals surface area contributed by atoms with E-state index >= 15 is 0 Å². The molecule has 2 aromatic carbocycles. The van der Waals surface area contributed by atoms with Crippen LogP contribution in [0.25, 0.3) is 11.1 Å². The number of aliphatic carboxylic acids is 1. The second kappa shape index (κ2) is 11.4. The molecule has 1 aliphatic rings. The third-order valence-electron chi connectivity index (χ3n) is 5.55. The fourth-order valence-corrected chi connectivity index (χ4v) is 3.81. The number of ketones is 1. The van der Waals surface area contributed by atoms with Crippen molar-refractivity contribution in [2.75, 3.05) is 7.05 Å². The van der Waals surface area contributed by atoms with E-state index in [0.717, 1.165) is 5.56 Å². The van der Waals surface area contributed by atoms with E-state index in [4.69, 9.17) is 0 Å². The van der Waals surface area contributed by atoms with Gasteiger partial charge in [-0.15, -0.1) is 0 Å². The molecule has 0 saturated heterocycles. The van der Waals surface area contributed by atoms with Gasteiger partial charge in [-0.1, -0.05) is 30.3 Å². The van der Waals surface area contributed by atoms with Crippen LogP contribution < -0.4 is 10.6 Å². The molecule has 0 bridgehead atoms. The van der Waals surface area contributed by atoms with Crippen LogP contribution in [0.2, 0.25) is 0 Å². The standard InChI is InChI=1S/C24H24FN3O5.Na.H/c1-13-6-4-5-7-15(13)21-14(2)16(8-9-17(21)25)18(12-20(30)31)26-24(33)27-22-19(29)10-11-28(3)23(22)32;;/h4-11,18,22H,12H2,1-3H3,(H,30,31)(H2,26,27,33);;/t18-,22?;;/m0../s1. The molecule has 0 saturated carbocycles. The van der Waals surface area contributed by atoms with Crippen molar-refractivity contribution in [1.29, 1.82) is 0 Å². The van der Waals surface area contributed by atoms with E-state index in [1.54, 1.807) is 19.1 Å². The van der Waals surface area contributed by atoms with Crippen LogP contribution in [-0.4, -0.2) is 76.3 Å². The Bertz CT molecular complexity index is 1170. The number of nitrogens with one attached hydrogen (secondary N) is 2. The van der Waals surface area contributed by atoms with Crippen LogP contribution >= 0.6 is 0 Å². The number of hydrogen-bond acceptors (Lipinski definition) is 4. The summed E-state index contributed by atoms with van der Waals surface area (Å²) in [5.74, 6) is -2.87. The van der Waals surface area contributed by atoms with Crippen LogP contribution in [0.3, 0.4) is 0 Å². The van der Waals surface area contributed by atoms with Gasteiger partial charge in [-0.25, -0.2) is 9.18 Å². The van der Waals surface area contributed by atoms with Gasteiger partial charge in [0.2, 0.25) is 0 Å². The van der Waals surface area contributed by atoms with Crippen LogP contribution in [0, 0.1) is 19.7 Å². The van der Waals surface area contributed by atoms with Crippen LogP contribution in [0.5, 0.6) is 0 Å². The molecule has 0 fully saturated rings. The predicted octanol–water partition coefficient (Wildman–Crippen LogP) is 2.20. The van der Waals surface area contributed by atoms with Crippen molar-refractivity contribution in [1.82, 2.24) is 15.5 Å². The van der Waals surface area contributed by atoms with Crippen molar-refractivity contribution in [3.8, 4) is 11.1 Å². The number of halogens is 1. The predicted molar refractivity (Wildman–Crippen MR) is 126 cm³/mol. The van der Waals surface area contributed by atoms with Crippen molar-refractivity contribution >= 4 is 53.2 Å². The number of carboxylic acids is 1. The zero-order valence-electron chi connectivity index (χ0n) is 18.4. The molecule has 3 rings (SSSR count). The maximum absolute atomic E-state index is 14.8. The van der Waals surface area contributed by atoms with Crippen molar-refractivity contribution < 1.29 is 28.7 Å². The molecule has 0 aliphatic carbocycles. The molecule has 174 valence electrons. The first-order valence-corrected chi connectivity index (χ1v) is 10.2. The molecule has 2 aromatic rings. The Balaban J connectivity index is 0.00000408. The SMILES string of the molecule is Cc1ccccc1-c1c(F)ccc([C@H](CC(=O)O)NC(=O)NC2C(=O)C=CN(C)C2=O)c1C.[NaH]. The number of nitrogens with zero attached hydrogens (tertiary/aromatic N) is 1.